The second kappa shape index (κ2) is 11.7. The highest BCUT2D eigenvalue weighted by Crippen LogP contribution is 2.31. The quantitative estimate of drug-likeness (QED) is 0.248. The van der Waals surface area contributed by atoms with E-state index in [1.807, 2.05) is 42.5 Å². The first kappa shape index (κ1) is 27.5. The molecule has 11 heteroatoms. The molecule has 1 saturated heterocycles. The van der Waals surface area contributed by atoms with Gasteiger partial charge in [-0.3, -0.25) is 9.59 Å². The third-order valence-corrected chi connectivity index (χ3v) is 7.86. The van der Waals surface area contributed by atoms with E-state index in [2.05, 4.69) is 10.3 Å². The van der Waals surface area contributed by atoms with Crippen molar-refractivity contribution in [2.24, 2.45) is 0 Å². The van der Waals surface area contributed by atoms with E-state index >= 15 is 0 Å². The van der Waals surface area contributed by atoms with Crippen LogP contribution in [0.4, 0.5) is 0 Å². The van der Waals surface area contributed by atoms with Crippen molar-refractivity contribution < 1.29 is 9.53 Å². The summed E-state index contributed by atoms with van der Waals surface area (Å²) in [5, 5.41) is 11.7. The zero-order valence-corrected chi connectivity index (χ0v) is 24.0. The molecule has 0 saturated carbocycles. The maximum Gasteiger partial charge on any atom is 0.255 e. The van der Waals surface area contributed by atoms with Crippen molar-refractivity contribution in [3.05, 3.63) is 121 Å². The van der Waals surface area contributed by atoms with Gasteiger partial charge in [0.2, 0.25) is 0 Å². The molecule has 0 bridgehead atoms. The van der Waals surface area contributed by atoms with Gasteiger partial charge in [-0.15, -0.1) is 5.10 Å². The normalized spacial score (nSPS) is 15.4. The number of hydrogen-bond acceptors (Lipinski definition) is 5. The Labute approximate surface area is 250 Å². The third kappa shape index (κ3) is 5.87. The Morgan fingerprint density at radius 2 is 1.76 bits per heavy atom. The average Bonchev–Trinajstić information content (AvgIpc) is 3.41. The van der Waals surface area contributed by atoms with Gasteiger partial charge in [0.25, 0.3) is 11.5 Å². The number of benzene rings is 3. The van der Waals surface area contributed by atoms with Crippen LogP contribution in [0, 0.1) is 0 Å². The smallest absolute Gasteiger partial charge is 0.255 e. The molecule has 1 unspecified atom stereocenters. The lowest BCUT2D eigenvalue weighted by molar-refractivity contribution is -0.0212. The summed E-state index contributed by atoms with van der Waals surface area (Å²) in [5.41, 5.74) is 2.43. The molecule has 8 nitrogen and oxygen atoms in total. The molecule has 1 amide bonds. The zero-order valence-electron chi connectivity index (χ0n) is 21.7. The molecule has 5 aromatic rings. The Hall–Kier alpha value is -3.69. The van der Waals surface area contributed by atoms with Gasteiger partial charge >= 0.3 is 0 Å². The van der Waals surface area contributed by atoms with Crippen LogP contribution in [-0.2, 0) is 17.7 Å². The van der Waals surface area contributed by atoms with Crippen molar-refractivity contribution in [2.45, 2.75) is 19.1 Å². The van der Waals surface area contributed by atoms with E-state index in [0.717, 1.165) is 16.3 Å². The molecule has 0 N–H and O–H groups in total. The summed E-state index contributed by atoms with van der Waals surface area (Å²) in [4.78, 5) is 28.0. The standard InChI is InChI=1S/C30H24Cl3N5O3/c31-22-12-26(32)29(27(33)13-22)38-17-23(34-35-38)14-24-18-36(10-11-41-24)30(40)21-8-9-28(39)37(16-21)15-20-6-3-5-19-4-1-2-7-25(19)20/h1-9,12-13,16-17,24H,10-11,14-15,18H2. The SMILES string of the molecule is O=C(c1ccc(=O)n(Cc2cccc3ccccc23)c1)N1CCOC(Cc2cn(-c3c(Cl)cc(Cl)cc3Cl)nn2)C1. The number of fused-ring (bicyclic) bond motifs is 1. The zero-order chi connectivity index (χ0) is 28.5. The Morgan fingerprint density at radius 1 is 0.976 bits per heavy atom. The Kier molecular flexibility index (Phi) is 7.81. The van der Waals surface area contributed by atoms with Gasteiger partial charge in [0.1, 0.15) is 5.69 Å². The van der Waals surface area contributed by atoms with E-state index < -0.39 is 0 Å². The van der Waals surface area contributed by atoms with Gasteiger partial charge in [0.15, 0.2) is 0 Å². The maximum absolute atomic E-state index is 13.5. The van der Waals surface area contributed by atoms with Gasteiger partial charge in [0, 0.05) is 36.8 Å². The van der Waals surface area contributed by atoms with Crippen LogP contribution in [0.1, 0.15) is 21.6 Å². The fourth-order valence-corrected chi connectivity index (χ4v) is 6.08. The molecule has 1 atom stereocenters. The van der Waals surface area contributed by atoms with Crippen LogP contribution in [-0.4, -0.2) is 56.2 Å². The van der Waals surface area contributed by atoms with E-state index in [0.29, 0.717) is 64.7 Å². The van der Waals surface area contributed by atoms with Crippen molar-refractivity contribution in [3.8, 4) is 5.69 Å². The van der Waals surface area contributed by atoms with Crippen molar-refractivity contribution >= 4 is 51.5 Å². The van der Waals surface area contributed by atoms with Crippen LogP contribution >= 0.6 is 34.8 Å². The van der Waals surface area contributed by atoms with Gasteiger partial charge < -0.3 is 14.2 Å². The first-order chi connectivity index (χ1) is 19.9. The molecule has 1 aliphatic rings. The fourth-order valence-electron chi connectivity index (χ4n) is 5.09. The molecular formula is C30H24Cl3N5O3. The van der Waals surface area contributed by atoms with Crippen LogP contribution in [0.5, 0.6) is 0 Å². The van der Waals surface area contributed by atoms with Crippen LogP contribution < -0.4 is 5.56 Å². The van der Waals surface area contributed by atoms with Gasteiger partial charge in [-0.25, -0.2) is 4.68 Å². The number of amides is 1. The first-order valence-electron chi connectivity index (χ1n) is 13.0. The predicted octanol–water partition coefficient (Wildman–Crippen LogP) is 5.67. The van der Waals surface area contributed by atoms with E-state index in [9.17, 15) is 9.59 Å². The summed E-state index contributed by atoms with van der Waals surface area (Å²) in [7, 11) is 0. The number of carbonyl (C=O) groups excluding carboxylic acids is 1. The molecule has 0 aliphatic carbocycles. The number of rotatable bonds is 6. The van der Waals surface area contributed by atoms with Gasteiger partial charge in [0.05, 0.1) is 46.8 Å². The largest absolute Gasteiger partial charge is 0.374 e. The number of pyridine rings is 1. The average molecular weight is 609 g/mol. The molecular weight excluding hydrogens is 585 g/mol. The van der Waals surface area contributed by atoms with E-state index in [4.69, 9.17) is 39.5 Å². The van der Waals surface area contributed by atoms with E-state index in [1.54, 1.807) is 40.1 Å². The molecule has 3 heterocycles. The molecule has 208 valence electrons. The van der Waals surface area contributed by atoms with Crippen LogP contribution in [0.3, 0.4) is 0 Å². The Bertz CT molecular complexity index is 1790. The molecule has 0 radical (unpaired) electrons. The monoisotopic (exact) mass is 607 g/mol. The molecule has 3 aromatic carbocycles. The second-order valence-electron chi connectivity index (χ2n) is 9.84. The van der Waals surface area contributed by atoms with Crippen molar-refractivity contribution in [1.29, 1.82) is 0 Å². The lowest BCUT2D eigenvalue weighted by Crippen LogP contribution is -2.46. The summed E-state index contributed by atoms with van der Waals surface area (Å²) in [5.74, 6) is -0.159. The van der Waals surface area contributed by atoms with Crippen molar-refractivity contribution in [2.75, 3.05) is 19.7 Å². The van der Waals surface area contributed by atoms with Gasteiger partial charge in [-0.05, 0) is 34.5 Å². The summed E-state index contributed by atoms with van der Waals surface area (Å²) in [6.45, 7) is 1.57. The topological polar surface area (TPSA) is 82.3 Å². The molecule has 2 aromatic heterocycles. The number of carbonyl (C=O) groups is 1. The number of ether oxygens (including phenoxy) is 1. The molecule has 1 fully saturated rings. The highest BCUT2D eigenvalue weighted by atomic mass is 35.5. The minimum absolute atomic E-state index is 0.159. The number of aromatic nitrogens is 4. The van der Waals surface area contributed by atoms with E-state index in [1.165, 1.54) is 10.7 Å². The molecule has 6 rings (SSSR count). The predicted molar refractivity (Wildman–Crippen MR) is 159 cm³/mol. The highest BCUT2D eigenvalue weighted by molar-refractivity contribution is 6.40. The summed E-state index contributed by atoms with van der Waals surface area (Å²) in [6.07, 6.45) is 3.53. The summed E-state index contributed by atoms with van der Waals surface area (Å²) in [6, 6.07) is 20.3. The van der Waals surface area contributed by atoms with Crippen LogP contribution in [0.2, 0.25) is 15.1 Å². The highest BCUT2D eigenvalue weighted by Gasteiger charge is 2.27. The molecule has 41 heavy (non-hydrogen) atoms. The lowest BCUT2D eigenvalue weighted by Gasteiger charge is -2.32. The maximum atomic E-state index is 13.5. The number of hydrogen-bond donors (Lipinski definition) is 0. The van der Waals surface area contributed by atoms with Gasteiger partial charge in [-0.1, -0.05) is 82.5 Å². The van der Waals surface area contributed by atoms with Gasteiger partial charge in [-0.2, -0.15) is 0 Å². The third-order valence-electron chi connectivity index (χ3n) is 7.07. The molecule has 1 aliphatic heterocycles. The first-order valence-corrected chi connectivity index (χ1v) is 14.1. The fraction of sp³-hybridized carbons (Fsp3) is 0.200. The van der Waals surface area contributed by atoms with Crippen LogP contribution in [0.15, 0.2) is 83.9 Å². The number of halogens is 3. The minimum atomic E-state index is -0.282. The Morgan fingerprint density at radius 3 is 2.59 bits per heavy atom. The summed E-state index contributed by atoms with van der Waals surface area (Å²) >= 11 is 18.7. The van der Waals surface area contributed by atoms with Crippen LogP contribution in [0.25, 0.3) is 16.5 Å². The summed E-state index contributed by atoms with van der Waals surface area (Å²) < 4.78 is 9.03. The van der Waals surface area contributed by atoms with Crippen molar-refractivity contribution in [3.63, 3.8) is 0 Å². The number of nitrogens with zero attached hydrogens (tertiary/aromatic N) is 5. The second-order valence-corrected chi connectivity index (χ2v) is 11.1. The molecule has 0 spiro atoms. The minimum Gasteiger partial charge on any atom is -0.374 e. The van der Waals surface area contributed by atoms with Crippen molar-refractivity contribution in [1.82, 2.24) is 24.5 Å². The lowest BCUT2D eigenvalue weighted by atomic mass is 10.0. The van der Waals surface area contributed by atoms with E-state index in [-0.39, 0.29) is 17.6 Å². The number of morpholine rings is 1. The Balaban J connectivity index is 1.16.